The van der Waals surface area contributed by atoms with E-state index in [1.165, 1.54) is 5.56 Å². The smallest absolute Gasteiger partial charge is 0.129 e. The highest BCUT2D eigenvalue weighted by Gasteiger charge is 1.93. The summed E-state index contributed by atoms with van der Waals surface area (Å²) in [6, 6.07) is 0. The Kier molecular flexibility index (Phi) is 2.98. The summed E-state index contributed by atoms with van der Waals surface area (Å²) in [4.78, 5) is 8.30. The van der Waals surface area contributed by atoms with Gasteiger partial charge in [0, 0.05) is 18.8 Å². The normalized spacial score (nSPS) is 10.0. The molecule has 0 unspecified atom stereocenters. The monoisotopic (exact) mass is 151 g/mol. The maximum atomic E-state index is 5.35. The van der Waals surface area contributed by atoms with Crippen molar-refractivity contribution >= 4 is 0 Å². The van der Waals surface area contributed by atoms with Gasteiger partial charge >= 0.3 is 0 Å². The zero-order valence-electron chi connectivity index (χ0n) is 6.75. The lowest BCUT2D eigenvalue weighted by molar-refractivity contribution is 0.855. The molecule has 3 heteroatoms. The first-order valence-electron chi connectivity index (χ1n) is 3.86. The van der Waals surface area contributed by atoms with Crippen molar-refractivity contribution in [1.29, 1.82) is 0 Å². The third kappa shape index (κ3) is 2.27. The van der Waals surface area contributed by atoms with Gasteiger partial charge in [-0.3, -0.25) is 0 Å². The first-order valence-corrected chi connectivity index (χ1v) is 3.86. The van der Waals surface area contributed by atoms with Crippen LogP contribution in [0.1, 0.15) is 18.3 Å². The van der Waals surface area contributed by atoms with Gasteiger partial charge in [0.15, 0.2) is 0 Å². The van der Waals surface area contributed by atoms with E-state index < -0.39 is 0 Å². The fourth-order valence-corrected chi connectivity index (χ4v) is 0.822. The molecule has 0 aliphatic heterocycles. The molecule has 0 bridgehead atoms. The van der Waals surface area contributed by atoms with Crippen molar-refractivity contribution in [3.8, 4) is 0 Å². The summed E-state index contributed by atoms with van der Waals surface area (Å²) in [6.45, 7) is 2.70. The molecule has 0 saturated heterocycles. The summed E-state index contributed by atoms with van der Waals surface area (Å²) in [7, 11) is 0. The molecule has 0 fully saturated rings. The second-order valence-electron chi connectivity index (χ2n) is 2.40. The third-order valence-electron chi connectivity index (χ3n) is 1.53. The highest BCUT2D eigenvalue weighted by Crippen LogP contribution is 1.96. The summed E-state index contributed by atoms with van der Waals surface area (Å²) in [6.07, 6.45) is 5.48. The van der Waals surface area contributed by atoms with Crippen molar-refractivity contribution < 1.29 is 0 Å². The Morgan fingerprint density at radius 2 is 2.00 bits per heavy atom. The lowest BCUT2D eigenvalue weighted by Gasteiger charge is -1.97. The lowest BCUT2D eigenvalue weighted by Crippen LogP contribution is -2.06. The molecule has 0 aromatic carbocycles. The largest absolute Gasteiger partial charge is 0.330 e. The standard InChI is InChI=1S/C8H13N3/c1-2-7-5-10-8(3-4-9)11-6-7/h5-6H,2-4,9H2,1H3. The molecule has 0 radical (unpaired) electrons. The molecule has 1 aromatic rings. The van der Waals surface area contributed by atoms with Gasteiger partial charge in [0.2, 0.25) is 0 Å². The highest BCUT2D eigenvalue weighted by molar-refractivity contribution is 5.04. The molecule has 11 heavy (non-hydrogen) atoms. The lowest BCUT2D eigenvalue weighted by atomic mass is 10.3. The first kappa shape index (κ1) is 8.14. The molecule has 2 N–H and O–H groups in total. The molecular weight excluding hydrogens is 138 g/mol. The summed E-state index contributed by atoms with van der Waals surface area (Å²) in [5.74, 6) is 0.838. The summed E-state index contributed by atoms with van der Waals surface area (Å²) >= 11 is 0. The van der Waals surface area contributed by atoms with Crippen LogP contribution in [0.2, 0.25) is 0 Å². The molecule has 1 rings (SSSR count). The van der Waals surface area contributed by atoms with Crippen LogP contribution in [0.25, 0.3) is 0 Å². The summed E-state index contributed by atoms with van der Waals surface area (Å²) in [5.41, 5.74) is 6.52. The molecule has 0 spiro atoms. The Hall–Kier alpha value is -0.960. The number of nitrogens with zero attached hydrogens (tertiary/aromatic N) is 2. The Morgan fingerprint density at radius 1 is 1.36 bits per heavy atom. The Labute approximate surface area is 66.7 Å². The minimum absolute atomic E-state index is 0.617. The van der Waals surface area contributed by atoms with Crippen molar-refractivity contribution in [3.63, 3.8) is 0 Å². The number of hydrogen-bond donors (Lipinski definition) is 1. The number of nitrogens with two attached hydrogens (primary N) is 1. The van der Waals surface area contributed by atoms with Gasteiger partial charge in [0.25, 0.3) is 0 Å². The van der Waals surface area contributed by atoms with Gasteiger partial charge in [-0.15, -0.1) is 0 Å². The number of hydrogen-bond acceptors (Lipinski definition) is 3. The Balaban J connectivity index is 2.66. The van der Waals surface area contributed by atoms with Gasteiger partial charge in [0.05, 0.1) is 0 Å². The van der Waals surface area contributed by atoms with Crippen LogP contribution in [-0.2, 0) is 12.8 Å². The topological polar surface area (TPSA) is 51.8 Å². The molecule has 0 amide bonds. The minimum atomic E-state index is 0.617. The van der Waals surface area contributed by atoms with Crippen molar-refractivity contribution in [1.82, 2.24) is 9.97 Å². The van der Waals surface area contributed by atoms with E-state index in [0.29, 0.717) is 6.54 Å². The van der Waals surface area contributed by atoms with Crippen LogP contribution in [0, 0.1) is 0 Å². The first-order chi connectivity index (χ1) is 5.36. The van der Waals surface area contributed by atoms with Crippen LogP contribution >= 0.6 is 0 Å². The van der Waals surface area contributed by atoms with Crippen LogP contribution < -0.4 is 5.73 Å². The maximum Gasteiger partial charge on any atom is 0.129 e. The molecule has 0 aliphatic carbocycles. The van der Waals surface area contributed by atoms with Gasteiger partial charge in [-0.2, -0.15) is 0 Å². The fraction of sp³-hybridized carbons (Fsp3) is 0.500. The molecule has 0 aliphatic rings. The van der Waals surface area contributed by atoms with Crippen LogP contribution in [-0.4, -0.2) is 16.5 Å². The Bertz CT molecular complexity index is 205. The number of rotatable bonds is 3. The minimum Gasteiger partial charge on any atom is -0.330 e. The summed E-state index contributed by atoms with van der Waals surface area (Å²) < 4.78 is 0. The molecule has 1 aromatic heterocycles. The van der Waals surface area contributed by atoms with Crippen molar-refractivity contribution in [2.45, 2.75) is 19.8 Å². The van der Waals surface area contributed by atoms with Gasteiger partial charge in [-0.25, -0.2) is 9.97 Å². The zero-order valence-corrected chi connectivity index (χ0v) is 6.75. The van der Waals surface area contributed by atoms with E-state index in [-0.39, 0.29) is 0 Å². The molecule has 1 heterocycles. The van der Waals surface area contributed by atoms with Crippen molar-refractivity contribution in [2.75, 3.05) is 6.54 Å². The molecule has 60 valence electrons. The second-order valence-corrected chi connectivity index (χ2v) is 2.40. The third-order valence-corrected chi connectivity index (χ3v) is 1.53. The highest BCUT2D eigenvalue weighted by atomic mass is 14.9. The van der Waals surface area contributed by atoms with E-state index in [9.17, 15) is 0 Å². The zero-order chi connectivity index (χ0) is 8.10. The molecule has 0 saturated carbocycles. The van der Waals surface area contributed by atoms with E-state index >= 15 is 0 Å². The van der Waals surface area contributed by atoms with E-state index in [0.717, 1.165) is 18.7 Å². The average Bonchev–Trinajstić information content (AvgIpc) is 2.07. The second kappa shape index (κ2) is 4.03. The van der Waals surface area contributed by atoms with Crippen LogP contribution in [0.5, 0.6) is 0 Å². The van der Waals surface area contributed by atoms with E-state index in [4.69, 9.17) is 5.73 Å². The molecule has 3 nitrogen and oxygen atoms in total. The SMILES string of the molecule is CCc1cnc(CCN)nc1. The number of aryl methyl sites for hydroxylation is 1. The van der Waals surface area contributed by atoms with Crippen LogP contribution in [0.15, 0.2) is 12.4 Å². The number of aromatic nitrogens is 2. The average molecular weight is 151 g/mol. The van der Waals surface area contributed by atoms with Crippen molar-refractivity contribution in [2.24, 2.45) is 5.73 Å². The predicted molar refractivity (Wildman–Crippen MR) is 44.2 cm³/mol. The van der Waals surface area contributed by atoms with Gasteiger partial charge in [-0.1, -0.05) is 6.92 Å². The van der Waals surface area contributed by atoms with Gasteiger partial charge in [0.1, 0.15) is 5.82 Å². The van der Waals surface area contributed by atoms with Crippen LogP contribution in [0.3, 0.4) is 0 Å². The van der Waals surface area contributed by atoms with E-state index in [1.807, 2.05) is 12.4 Å². The van der Waals surface area contributed by atoms with Crippen molar-refractivity contribution in [3.05, 3.63) is 23.8 Å². The Morgan fingerprint density at radius 3 is 2.45 bits per heavy atom. The molecular formula is C8H13N3. The summed E-state index contributed by atoms with van der Waals surface area (Å²) in [5, 5.41) is 0. The predicted octanol–water partition coefficient (Wildman–Crippen LogP) is 0.540. The van der Waals surface area contributed by atoms with Crippen LogP contribution in [0.4, 0.5) is 0 Å². The van der Waals surface area contributed by atoms with E-state index in [1.54, 1.807) is 0 Å². The van der Waals surface area contributed by atoms with Gasteiger partial charge < -0.3 is 5.73 Å². The quantitative estimate of drug-likeness (QED) is 0.686. The maximum absolute atomic E-state index is 5.35. The fourth-order valence-electron chi connectivity index (χ4n) is 0.822. The molecule has 0 atom stereocenters. The van der Waals surface area contributed by atoms with E-state index in [2.05, 4.69) is 16.9 Å². The van der Waals surface area contributed by atoms with Gasteiger partial charge in [-0.05, 0) is 18.5 Å².